The molecule has 0 aromatic heterocycles. The van der Waals surface area contributed by atoms with Gasteiger partial charge in [0.05, 0.1) is 0 Å². The van der Waals surface area contributed by atoms with E-state index >= 15 is 0 Å². The molecule has 2 aliphatic carbocycles. The Kier molecular flexibility index (Phi) is 14.4. The zero-order valence-electron chi connectivity index (χ0n) is 29.0. The van der Waals surface area contributed by atoms with Crippen molar-refractivity contribution in [2.75, 3.05) is 0 Å². The monoisotopic (exact) mass is 810 g/mol. The fraction of sp³-hybridized carbons (Fsp3) is 0.182. The molecule has 0 fully saturated rings. The molecule has 49 heavy (non-hydrogen) atoms. The van der Waals surface area contributed by atoms with Crippen molar-refractivity contribution in [2.24, 2.45) is 10.8 Å². The number of hydrogen-bond donors (Lipinski definition) is 0. The van der Waals surface area contributed by atoms with Crippen molar-refractivity contribution in [3.63, 3.8) is 0 Å². The van der Waals surface area contributed by atoms with Crippen LogP contribution in [0.25, 0.3) is 0 Å². The standard InChI is InChI=1S/C44H44P2.2ClH.Pd/c1-43(2,3)33-27-29-39(41(31-33)45(35-19-11-7-12-20-35)36-21-13-8-14-22-36)40-30-28-34(44(4,5)6)32-42(40)46(37-23-15-9-16-24-37)38-25-17-10-18-26-38;;;/h7-32H,1-6H3;2*1H;/q+2;;;/p-2/b40-39-;;;. The van der Waals surface area contributed by atoms with Gasteiger partial charge in [0, 0.05) is 31.6 Å². The first kappa shape index (κ1) is 40.6. The fourth-order valence-electron chi connectivity index (χ4n) is 5.98. The molecule has 4 aromatic rings. The van der Waals surface area contributed by atoms with E-state index < -0.39 is 15.1 Å². The molecule has 0 radical (unpaired) electrons. The summed E-state index contributed by atoms with van der Waals surface area (Å²) in [4.78, 5) is 0. The predicted octanol–water partition coefficient (Wildman–Crippen LogP) is 3.98. The van der Waals surface area contributed by atoms with Crippen LogP contribution in [0.3, 0.4) is 0 Å². The molecule has 5 heteroatoms. The first-order valence-corrected chi connectivity index (χ1v) is 18.9. The Bertz CT molecular complexity index is 1720. The average Bonchev–Trinajstić information content (AvgIpc) is 3.06. The van der Waals surface area contributed by atoms with Gasteiger partial charge in [-0.25, -0.2) is 0 Å². The second kappa shape index (κ2) is 17.4. The van der Waals surface area contributed by atoms with E-state index in [1.54, 1.807) is 0 Å². The molecular weight excluding hydrogens is 768 g/mol. The summed E-state index contributed by atoms with van der Waals surface area (Å²) in [6.07, 6.45) is 14.6. The molecule has 4 aromatic carbocycles. The Labute approximate surface area is 322 Å². The number of rotatable bonds is 4. The summed E-state index contributed by atoms with van der Waals surface area (Å²) in [6.45, 7) is 14.0. The van der Waals surface area contributed by atoms with Crippen LogP contribution >= 0.6 is 15.1 Å². The summed E-state index contributed by atoms with van der Waals surface area (Å²) < 4.78 is 0. The molecule has 0 amide bonds. The van der Waals surface area contributed by atoms with E-state index in [-0.39, 0.29) is 56.1 Å². The first-order valence-electron chi connectivity index (χ1n) is 16.2. The molecule has 0 nitrogen and oxygen atoms in total. The number of allylic oxidation sites excluding steroid dienone is 10. The topological polar surface area (TPSA) is 0 Å². The summed E-state index contributed by atoms with van der Waals surface area (Å²) in [7, 11) is -1.63. The summed E-state index contributed by atoms with van der Waals surface area (Å²) in [5.74, 6) is 0. The molecule has 0 atom stereocenters. The summed E-state index contributed by atoms with van der Waals surface area (Å²) in [6, 6.07) is 44.6. The minimum Gasteiger partial charge on any atom is -1.00 e. The molecule has 0 spiro atoms. The summed E-state index contributed by atoms with van der Waals surface area (Å²) in [5, 5.41) is 8.32. The molecule has 0 saturated carbocycles. The van der Waals surface area contributed by atoms with Crippen molar-refractivity contribution in [1.29, 1.82) is 0 Å². The SMILES string of the molecule is CC(C)(C)C1=CC(=[P+](c2ccccc2)c2ccccc2)/C(=C2/C=CC(C(C)(C)C)=CC2=[P+](c2ccccc2)c2ccccc2)C=C1.[Cl-].[Cl-].[Pd]. The van der Waals surface area contributed by atoms with Crippen LogP contribution in [0.4, 0.5) is 0 Å². The minimum absolute atomic E-state index is 0. The van der Waals surface area contributed by atoms with Crippen LogP contribution in [0.5, 0.6) is 0 Å². The molecule has 0 bridgehead atoms. The van der Waals surface area contributed by atoms with Crippen molar-refractivity contribution in [3.8, 4) is 0 Å². The van der Waals surface area contributed by atoms with Crippen molar-refractivity contribution in [2.45, 2.75) is 41.5 Å². The second-order valence-corrected chi connectivity index (χ2v) is 18.3. The minimum atomic E-state index is -0.817. The van der Waals surface area contributed by atoms with E-state index in [1.807, 2.05) is 0 Å². The van der Waals surface area contributed by atoms with Gasteiger partial charge in [-0.3, -0.25) is 0 Å². The Balaban J connectivity index is 0.00000217. The van der Waals surface area contributed by atoms with Gasteiger partial charge in [-0.1, -0.05) is 126 Å². The zero-order chi connectivity index (χ0) is 32.3. The largest absolute Gasteiger partial charge is 1.00 e. The van der Waals surface area contributed by atoms with E-state index in [0.29, 0.717) is 0 Å². The van der Waals surface area contributed by atoms with E-state index in [1.165, 1.54) is 54.1 Å². The van der Waals surface area contributed by atoms with Gasteiger partial charge >= 0.3 is 0 Å². The quantitative estimate of drug-likeness (QED) is 0.217. The van der Waals surface area contributed by atoms with E-state index in [2.05, 4.69) is 199 Å². The van der Waals surface area contributed by atoms with Gasteiger partial charge in [0.25, 0.3) is 0 Å². The summed E-state index contributed by atoms with van der Waals surface area (Å²) >= 11 is 0. The number of halogens is 2. The van der Waals surface area contributed by atoms with Crippen molar-refractivity contribution in [3.05, 3.63) is 180 Å². The van der Waals surface area contributed by atoms with Gasteiger partial charge < -0.3 is 24.8 Å². The van der Waals surface area contributed by atoms with Gasteiger partial charge in [0.1, 0.15) is 0 Å². The molecule has 0 aliphatic heterocycles. The maximum atomic E-state index is 2.52. The Morgan fingerprint density at radius 1 is 0.367 bits per heavy atom. The van der Waals surface area contributed by atoms with Crippen LogP contribution < -0.4 is 46.0 Å². The molecule has 0 unspecified atom stereocenters. The van der Waals surface area contributed by atoms with E-state index in [9.17, 15) is 0 Å². The van der Waals surface area contributed by atoms with Crippen molar-refractivity contribution in [1.82, 2.24) is 0 Å². The molecular formula is C44H44Cl2P2Pd. The van der Waals surface area contributed by atoms with Gasteiger partial charge in [-0.15, -0.1) is 0 Å². The summed E-state index contributed by atoms with van der Waals surface area (Å²) in [5.41, 5.74) is 5.46. The van der Waals surface area contributed by atoms with Crippen LogP contribution in [-0.2, 0) is 20.4 Å². The Morgan fingerprint density at radius 2 is 0.612 bits per heavy atom. The molecule has 6 rings (SSSR count). The van der Waals surface area contributed by atoms with Crippen molar-refractivity contribution >= 4 is 46.9 Å². The van der Waals surface area contributed by atoms with E-state index in [0.717, 1.165) is 0 Å². The number of benzene rings is 4. The van der Waals surface area contributed by atoms with Gasteiger partial charge in [-0.05, 0) is 94.8 Å². The molecule has 0 saturated heterocycles. The third-order valence-electron chi connectivity index (χ3n) is 8.56. The van der Waals surface area contributed by atoms with Crippen LogP contribution in [0.15, 0.2) is 180 Å². The fourth-order valence-corrected chi connectivity index (χ4v) is 11.0. The third kappa shape index (κ3) is 9.29. The molecule has 254 valence electrons. The molecule has 0 N–H and O–H groups in total. The molecule has 0 heterocycles. The van der Waals surface area contributed by atoms with Gasteiger partial charge in [-0.2, -0.15) is 0 Å². The normalized spacial score (nSPS) is 15.6. The van der Waals surface area contributed by atoms with Crippen LogP contribution in [0, 0.1) is 10.8 Å². The maximum Gasteiger partial charge on any atom is 0.178 e. The van der Waals surface area contributed by atoms with Crippen LogP contribution in [0.2, 0.25) is 0 Å². The Morgan fingerprint density at radius 3 is 0.837 bits per heavy atom. The zero-order valence-corrected chi connectivity index (χ0v) is 33.8. The molecule has 2 aliphatic rings. The number of hydrogen-bond acceptors (Lipinski definition) is 0. The Hall–Kier alpha value is -2.84. The van der Waals surface area contributed by atoms with E-state index in [4.69, 9.17) is 0 Å². The second-order valence-electron chi connectivity index (χ2n) is 14.0. The third-order valence-corrected chi connectivity index (χ3v) is 13.5. The van der Waals surface area contributed by atoms with Crippen LogP contribution in [-0.4, -0.2) is 10.6 Å². The van der Waals surface area contributed by atoms with Crippen LogP contribution in [0.1, 0.15) is 41.5 Å². The predicted molar refractivity (Wildman–Crippen MR) is 209 cm³/mol. The van der Waals surface area contributed by atoms with Gasteiger partial charge in [0.2, 0.25) is 0 Å². The van der Waals surface area contributed by atoms with Crippen molar-refractivity contribution < 1.29 is 45.2 Å². The average molecular weight is 812 g/mol. The maximum absolute atomic E-state index is 2.52. The van der Waals surface area contributed by atoms with Gasteiger partial charge in [0.15, 0.2) is 46.9 Å². The first-order chi connectivity index (χ1) is 22.1. The smallest absolute Gasteiger partial charge is 0.178 e.